The van der Waals surface area contributed by atoms with Gasteiger partial charge in [0.15, 0.2) is 5.82 Å². The number of hydrogen-bond acceptors (Lipinski definition) is 6. The van der Waals surface area contributed by atoms with Gasteiger partial charge in [0.2, 0.25) is 5.91 Å². The smallest absolute Gasteiger partial charge is 0.321 e. The monoisotopic (exact) mass is 429 g/mol. The van der Waals surface area contributed by atoms with E-state index in [2.05, 4.69) is 15.5 Å². The maximum absolute atomic E-state index is 12.9. The third-order valence-electron chi connectivity index (χ3n) is 5.52. The quantitative estimate of drug-likeness (QED) is 0.726. The van der Waals surface area contributed by atoms with Crippen LogP contribution in [0.5, 0.6) is 0 Å². The number of carbonyl (C=O) groups is 2. The number of urea groups is 1. The molecule has 9 nitrogen and oxygen atoms in total. The Balaban J connectivity index is 1.61. The van der Waals surface area contributed by atoms with Gasteiger partial charge < -0.3 is 24.4 Å². The number of nitrogens with zero attached hydrogens (tertiary/aromatic N) is 4. The Kier molecular flexibility index (Phi) is 7.62. The van der Waals surface area contributed by atoms with Gasteiger partial charge in [-0.05, 0) is 43.9 Å². The molecule has 1 aliphatic heterocycles. The van der Waals surface area contributed by atoms with Crippen LogP contribution in [0.25, 0.3) is 0 Å². The molecule has 0 saturated carbocycles. The third-order valence-corrected chi connectivity index (χ3v) is 5.52. The standard InChI is InChI=1S/C22H31N5O4/c1-15-7-8-16(2)19(12-15)23-22(29)26-10-5-6-18(13-26)27(17(3)28)11-9-20-24-21(14-30-4)31-25-20/h7-8,12,18H,5-6,9-11,13-14H2,1-4H3,(H,23,29). The summed E-state index contributed by atoms with van der Waals surface area (Å²) in [4.78, 5) is 33.1. The molecule has 2 heterocycles. The molecule has 1 unspecified atom stereocenters. The Labute approximate surface area is 182 Å². The first-order valence-corrected chi connectivity index (χ1v) is 10.6. The first kappa shape index (κ1) is 22.7. The number of carbonyl (C=O) groups excluding carboxylic acids is 2. The first-order valence-electron chi connectivity index (χ1n) is 10.6. The van der Waals surface area contributed by atoms with Crippen molar-refractivity contribution >= 4 is 17.6 Å². The number of methoxy groups -OCH3 is 1. The lowest BCUT2D eigenvalue weighted by molar-refractivity contribution is -0.132. The molecule has 3 amide bonds. The number of aromatic nitrogens is 2. The number of hydrogen-bond donors (Lipinski definition) is 1. The SMILES string of the molecule is COCc1nc(CCN(C(C)=O)C2CCCN(C(=O)Nc3cc(C)ccc3C)C2)no1. The number of amides is 3. The largest absolute Gasteiger partial charge is 0.375 e. The van der Waals surface area contributed by atoms with E-state index in [4.69, 9.17) is 9.26 Å². The van der Waals surface area contributed by atoms with Crippen LogP contribution in [0.1, 0.15) is 42.6 Å². The van der Waals surface area contributed by atoms with E-state index in [1.54, 1.807) is 18.9 Å². The molecule has 1 atom stereocenters. The minimum atomic E-state index is -0.135. The van der Waals surface area contributed by atoms with Crippen molar-refractivity contribution in [3.8, 4) is 0 Å². The van der Waals surface area contributed by atoms with Gasteiger partial charge in [0, 0.05) is 51.8 Å². The zero-order valence-corrected chi connectivity index (χ0v) is 18.7. The van der Waals surface area contributed by atoms with E-state index >= 15 is 0 Å². The Bertz CT molecular complexity index is 913. The lowest BCUT2D eigenvalue weighted by atomic mass is 10.0. The van der Waals surface area contributed by atoms with Crippen LogP contribution in [0.3, 0.4) is 0 Å². The van der Waals surface area contributed by atoms with Crippen molar-refractivity contribution in [2.45, 2.75) is 52.7 Å². The van der Waals surface area contributed by atoms with Crippen LogP contribution in [0.4, 0.5) is 10.5 Å². The number of piperidine rings is 1. The summed E-state index contributed by atoms with van der Waals surface area (Å²) in [6, 6.07) is 5.82. The van der Waals surface area contributed by atoms with Crippen molar-refractivity contribution in [2.24, 2.45) is 0 Å². The van der Waals surface area contributed by atoms with Gasteiger partial charge in [-0.2, -0.15) is 4.98 Å². The molecular weight excluding hydrogens is 398 g/mol. The second-order valence-corrected chi connectivity index (χ2v) is 7.99. The highest BCUT2D eigenvalue weighted by Crippen LogP contribution is 2.20. The molecular formula is C22H31N5O4. The van der Waals surface area contributed by atoms with E-state index in [1.807, 2.05) is 36.9 Å². The molecule has 1 aliphatic rings. The molecule has 31 heavy (non-hydrogen) atoms. The van der Waals surface area contributed by atoms with Crippen LogP contribution in [0.15, 0.2) is 22.7 Å². The molecule has 168 valence electrons. The van der Waals surface area contributed by atoms with Crippen molar-refractivity contribution in [3.05, 3.63) is 41.0 Å². The Morgan fingerprint density at radius 3 is 2.90 bits per heavy atom. The molecule has 1 N–H and O–H groups in total. The van der Waals surface area contributed by atoms with E-state index in [9.17, 15) is 9.59 Å². The summed E-state index contributed by atoms with van der Waals surface area (Å²) >= 11 is 0. The summed E-state index contributed by atoms with van der Waals surface area (Å²) < 4.78 is 10.1. The predicted molar refractivity (Wildman–Crippen MR) is 116 cm³/mol. The average Bonchev–Trinajstić information content (AvgIpc) is 3.18. The number of likely N-dealkylation sites (tertiary alicyclic amines) is 1. The van der Waals surface area contributed by atoms with Gasteiger partial charge in [-0.3, -0.25) is 4.79 Å². The van der Waals surface area contributed by atoms with Gasteiger partial charge in [-0.25, -0.2) is 4.79 Å². The fourth-order valence-electron chi connectivity index (χ4n) is 3.85. The van der Waals surface area contributed by atoms with E-state index in [0.717, 1.165) is 29.7 Å². The van der Waals surface area contributed by atoms with Gasteiger partial charge in [-0.1, -0.05) is 17.3 Å². The molecule has 0 radical (unpaired) electrons. The number of aryl methyl sites for hydroxylation is 2. The van der Waals surface area contributed by atoms with Crippen LogP contribution in [0, 0.1) is 13.8 Å². The topological polar surface area (TPSA) is 101 Å². The maximum atomic E-state index is 12.9. The summed E-state index contributed by atoms with van der Waals surface area (Å²) in [5, 5.41) is 6.96. The zero-order valence-electron chi connectivity index (χ0n) is 18.7. The normalized spacial score (nSPS) is 16.3. The van der Waals surface area contributed by atoms with Crippen molar-refractivity contribution in [2.75, 3.05) is 32.1 Å². The predicted octanol–water partition coefficient (Wildman–Crippen LogP) is 2.92. The summed E-state index contributed by atoms with van der Waals surface area (Å²) in [5.41, 5.74) is 2.93. The number of rotatable bonds is 7. The summed E-state index contributed by atoms with van der Waals surface area (Å²) in [5.74, 6) is 0.930. The number of anilines is 1. The molecule has 1 fully saturated rings. The summed E-state index contributed by atoms with van der Waals surface area (Å²) in [7, 11) is 1.56. The van der Waals surface area contributed by atoms with Crippen molar-refractivity contribution in [1.82, 2.24) is 19.9 Å². The van der Waals surface area contributed by atoms with Crippen molar-refractivity contribution in [1.29, 1.82) is 0 Å². The van der Waals surface area contributed by atoms with Crippen LogP contribution in [-0.2, 0) is 22.6 Å². The number of nitrogens with one attached hydrogen (secondary N) is 1. The van der Waals surface area contributed by atoms with Gasteiger partial charge in [0.25, 0.3) is 5.89 Å². The second-order valence-electron chi connectivity index (χ2n) is 7.99. The molecule has 1 aromatic carbocycles. The lowest BCUT2D eigenvalue weighted by Gasteiger charge is -2.39. The van der Waals surface area contributed by atoms with Gasteiger partial charge in [0.05, 0.1) is 0 Å². The van der Waals surface area contributed by atoms with Gasteiger partial charge >= 0.3 is 6.03 Å². The highest BCUT2D eigenvalue weighted by atomic mass is 16.5. The number of benzene rings is 1. The fraction of sp³-hybridized carbons (Fsp3) is 0.545. The molecule has 1 aromatic heterocycles. The Morgan fingerprint density at radius 1 is 1.35 bits per heavy atom. The molecule has 3 rings (SSSR count). The van der Waals surface area contributed by atoms with Gasteiger partial charge in [-0.15, -0.1) is 0 Å². The van der Waals surface area contributed by atoms with Crippen LogP contribution < -0.4 is 5.32 Å². The zero-order chi connectivity index (χ0) is 22.4. The fourth-order valence-corrected chi connectivity index (χ4v) is 3.85. The third kappa shape index (κ3) is 6.04. The Hall–Kier alpha value is -2.94. The lowest BCUT2D eigenvalue weighted by Crippen LogP contribution is -2.52. The van der Waals surface area contributed by atoms with E-state index in [0.29, 0.717) is 37.8 Å². The first-order chi connectivity index (χ1) is 14.9. The number of ether oxygens (including phenoxy) is 1. The minimum absolute atomic E-state index is 0.0256. The Morgan fingerprint density at radius 2 is 2.16 bits per heavy atom. The molecule has 2 aromatic rings. The van der Waals surface area contributed by atoms with Crippen LogP contribution >= 0.6 is 0 Å². The van der Waals surface area contributed by atoms with Crippen molar-refractivity contribution < 1.29 is 18.8 Å². The highest BCUT2D eigenvalue weighted by Gasteiger charge is 2.29. The molecule has 0 aliphatic carbocycles. The highest BCUT2D eigenvalue weighted by molar-refractivity contribution is 5.90. The van der Waals surface area contributed by atoms with E-state index in [-0.39, 0.29) is 24.6 Å². The summed E-state index contributed by atoms with van der Waals surface area (Å²) in [6.45, 7) is 7.43. The molecule has 0 bridgehead atoms. The average molecular weight is 430 g/mol. The van der Waals surface area contributed by atoms with Gasteiger partial charge in [0.1, 0.15) is 6.61 Å². The summed E-state index contributed by atoms with van der Waals surface area (Å²) in [6.07, 6.45) is 2.18. The minimum Gasteiger partial charge on any atom is -0.375 e. The van der Waals surface area contributed by atoms with E-state index < -0.39 is 0 Å². The van der Waals surface area contributed by atoms with Crippen molar-refractivity contribution in [3.63, 3.8) is 0 Å². The molecule has 1 saturated heterocycles. The van der Waals surface area contributed by atoms with E-state index in [1.165, 1.54) is 0 Å². The van der Waals surface area contributed by atoms with Crippen LogP contribution in [0.2, 0.25) is 0 Å². The maximum Gasteiger partial charge on any atom is 0.321 e. The van der Waals surface area contributed by atoms with Crippen LogP contribution in [-0.4, -0.2) is 64.7 Å². The second kappa shape index (κ2) is 10.4. The molecule has 0 spiro atoms. The molecule has 9 heteroatoms.